The SMILES string of the molecule is CC(C)C1=NN2C(=N)/C(=C/c3ccc([N+](=O)[O-])cc3)C(=O)N=C2S1. The molecule has 0 radical (unpaired) electrons. The number of hydrogen-bond acceptors (Lipinski definition) is 6. The third-order valence-corrected chi connectivity index (χ3v) is 4.59. The number of carbonyl (C=O) groups excluding carboxylic acids is 1. The largest absolute Gasteiger partial charge is 0.283 e. The molecule has 24 heavy (non-hydrogen) atoms. The van der Waals surface area contributed by atoms with Crippen molar-refractivity contribution in [3.63, 3.8) is 0 Å². The standard InChI is InChI=1S/C15H13N5O3S/c1-8(2)14-18-19-12(16)11(13(21)17-15(19)24-14)7-9-3-5-10(6-4-9)20(22)23/h3-8,16H,1-2H3/b11-7-,16-12?. The molecule has 2 aliphatic rings. The normalized spacial score (nSPS) is 18.8. The third-order valence-electron chi connectivity index (χ3n) is 3.38. The zero-order valence-electron chi connectivity index (χ0n) is 12.9. The van der Waals surface area contributed by atoms with Crippen LogP contribution in [-0.2, 0) is 4.79 Å². The molecule has 2 aliphatic heterocycles. The van der Waals surface area contributed by atoms with E-state index >= 15 is 0 Å². The highest BCUT2D eigenvalue weighted by atomic mass is 32.2. The van der Waals surface area contributed by atoms with Crippen LogP contribution < -0.4 is 0 Å². The average Bonchev–Trinajstić information content (AvgIpc) is 2.96. The summed E-state index contributed by atoms with van der Waals surface area (Å²) in [6.45, 7) is 3.95. The number of amides is 1. The van der Waals surface area contributed by atoms with Crippen molar-refractivity contribution in [2.45, 2.75) is 13.8 Å². The van der Waals surface area contributed by atoms with Crippen LogP contribution in [0.3, 0.4) is 0 Å². The Morgan fingerprint density at radius 1 is 1.33 bits per heavy atom. The van der Waals surface area contributed by atoms with E-state index in [1.807, 2.05) is 13.8 Å². The highest BCUT2D eigenvalue weighted by Crippen LogP contribution is 2.30. The molecule has 0 atom stereocenters. The molecule has 1 aromatic carbocycles. The summed E-state index contributed by atoms with van der Waals surface area (Å²) in [4.78, 5) is 26.4. The van der Waals surface area contributed by atoms with Crippen LogP contribution in [0.15, 0.2) is 39.9 Å². The molecule has 1 N–H and O–H groups in total. The quantitative estimate of drug-likeness (QED) is 0.515. The van der Waals surface area contributed by atoms with Crippen molar-refractivity contribution in [3.05, 3.63) is 45.5 Å². The Morgan fingerprint density at radius 3 is 2.58 bits per heavy atom. The molecule has 9 heteroatoms. The van der Waals surface area contributed by atoms with Gasteiger partial charge in [-0.2, -0.15) is 15.1 Å². The second-order valence-electron chi connectivity index (χ2n) is 5.46. The van der Waals surface area contributed by atoms with Gasteiger partial charge in [0.25, 0.3) is 11.6 Å². The average molecular weight is 343 g/mol. The summed E-state index contributed by atoms with van der Waals surface area (Å²) < 4.78 is 0. The first-order valence-electron chi connectivity index (χ1n) is 7.11. The number of benzene rings is 1. The van der Waals surface area contributed by atoms with Gasteiger partial charge in [-0.05, 0) is 35.5 Å². The van der Waals surface area contributed by atoms with Crippen molar-refractivity contribution in [2.75, 3.05) is 0 Å². The molecule has 0 bridgehead atoms. The highest BCUT2D eigenvalue weighted by molar-refractivity contribution is 8.27. The number of hydrogen-bond donors (Lipinski definition) is 1. The van der Waals surface area contributed by atoms with E-state index in [1.54, 1.807) is 0 Å². The first kappa shape index (κ1) is 16.1. The molecule has 1 aromatic rings. The minimum atomic E-state index is -0.516. The lowest BCUT2D eigenvalue weighted by molar-refractivity contribution is -0.384. The van der Waals surface area contributed by atoms with Gasteiger partial charge in [0.2, 0.25) is 5.17 Å². The Balaban J connectivity index is 1.93. The van der Waals surface area contributed by atoms with Crippen molar-refractivity contribution in [1.29, 1.82) is 5.41 Å². The van der Waals surface area contributed by atoms with E-state index in [1.165, 1.54) is 47.1 Å². The molecular weight excluding hydrogens is 330 g/mol. The Labute approximate surface area is 141 Å². The van der Waals surface area contributed by atoms with Crippen LogP contribution in [0.5, 0.6) is 0 Å². The maximum absolute atomic E-state index is 12.2. The second kappa shape index (κ2) is 6.00. The lowest BCUT2D eigenvalue weighted by Crippen LogP contribution is -2.35. The number of aliphatic imine (C=N–C) groups is 1. The molecule has 0 saturated heterocycles. The number of non-ortho nitro benzene ring substituents is 1. The van der Waals surface area contributed by atoms with Gasteiger partial charge in [-0.1, -0.05) is 13.8 Å². The molecular formula is C15H13N5O3S. The summed E-state index contributed by atoms with van der Waals surface area (Å²) in [6, 6.07) is 5.73. The summed E-state index contributed by atoms with van der Waals surface area (Å²) >= 11 is 1.29. The molecule has 1 amide bonds. The lowest BCUT2D eigenvalue weighted by atomic mass is 10.1. The molecule has 122 valence electrons. The van der Waals surface area contributed by atoms with Crippen LogP contribution in [0.4, 0.5) is 5.69 Å². The minimum absolute atomic E-state index is 0.0374. The first-order valence-corrected chi connectivity index (χ1v) is 7.93. The number of thioether (sulfide) groups is 1. The lowest BCUT2D eigenvalue weighted by Gasteiger charge is -2.20. The number of rotatable bonds is 3. The molecule has 2 heterocycles. The minimum Gasteiger partial charge on any atom is -0.282 e. The summed E-state index contributed by atoms with van der Waals surface area (Å²) in [6.07, 6.45) is 1.49. The van der Waals surface area contributed by atoms with E-state index in [0.717, 1.165) is 5.04 Å². The third kappa shape index (κ3) is 2.85. The van der Waals surface area contributed by atoms with Crippen LogP contribution in [0.1, 0.15) is 19.4 Å². The number of nitrogens with one attached hydrogen (secondary N) is 1. The number of nitrogens with zero attached hydrogens (tertiary/aromatic N) is 4. The van der Waals surface area contributed by atoms with Crippen molar-refractivity contribution in [1.82, 2.24) is 5.01 Å². The topological polar surface area (TPSA) is 112 Å². The number of amidine groups is 2. The van der Waals surface area contributed by atoms with Gasteiger partial charge in [0.05, 0.1) is 10.5 Å². The number of fused-ring (bicyclic) bond motifs is 1. The van der Waals surface area contributed by atoms with E-state index in [2.05, 4.69) is 10.1 Å². The summed E-state index contributed by atoms with van der Waals surface area (Å²) in [5.74, 6) is -0.392. The second-order valence-corrected chi connectivity index (χ2v) is 6.45. The Hall–Kier alpha value is -2.81. The van der Waals surface area contributed by atoms with Crippen LogP contribution in [0.2, 0.25) is 0 Å². The van der Waals surface area contributed by atoms with Crippen molar-refractivity contribution in [3.8, 4) is 0 Å². The van der Waals surface area contributed by atoms with Crippen LogP contribution in [0.25, 0.3) is 6.08 Å². The zero-order chi connectivity index (χ0) is 17.4. The van der Waals surface area contributed by atoms with Crippen LogP contribution in [0, 0.1) is 21.4 Å². The monoisotopic (exact) mass is 343 g/mol. The van der Waals surface area contributed by atoms with Crippen LogP contribution in [-0.4, -0.2) is 31.9 Å². The Morgan fingerprint density at radius 2 is 2.00 bits per heavy atom. The van der Waals surface area contributed by atoms with Gasteiger partial charge in [-0.3, -0.25) is 20.3 Å². The summed E-state index contributed by atoms with van der Waals surface area (Å²) in [7, 11) is 0. The Bertz CT molecular complexity index is 839. The van der Waals surface area contributed by atoms with E-state index in [-0.39, 0.29) is 23.0 Å². The van der Waals surface area contributed by atoms with Gasteiger partial charge in [0.1, 0.15) is 5.04 Å². The molecule has 0 unspecified atom stereocenters. The van der Waals surface area contributed by atoms with E-state index in [0.29, 0.717) is 10.7 Å². The summed E-state index contributed by atoms with van der Waals surface area (Å²) in [5, 5.41) is 25.8. The summed E-state index contributed by atoms with van der Waals surface area (Å²) in [5.41, 5.74) is 0.638. The van der Waals surface area contributed by atoms with E-state index in [4.69, 9.17) is 5.41 Å². The first-order chi connectivity index (χ1) is 11.4. The van der Waals surface area contributed by atoms with Crippen molar-refractivity contribution in [2.24, 2.45) is 16.0 Å². The molecule has 8 nitrogen and oxygen atoms in total. The number of nitro groups is 1. The maximum atomic E-state index is 12.2. The molecule has 0 fully saturated rings. The Kier molecular flexibility index (Phi) is 4.02. The predicted octanol–water partition coefficient (Wildman–Crippen LogP) is 2.87. The van der Waals surface area contributed by atoms with Gasteiger partial charge < -0.3 is 0 Å². The molecule has 0 spiro atoms. The van der Waals surface area contributed by atoms with Gasteiger partial charge in [-0.25, -0.2) is 0 Å². The molecule has 0 aliphatic carbocycles. The highest BCUT2D eigenvalue weighted by Gasteiger charge is 2.36. The van der Waals surface area contributed by atoms with Crippen LogP contribution >= 0.6 is 11.8 Å². The van der Waals surface area contributed by atoms with Crippen molar-refractivity contribution < 1.29 is 9.72 Å². The van der Waals surface area contributed by atoms with Crippen molar-refractivity contribution >= 4 is 45.5 Å². The number of carbonyl (C=O) groups is 1. The smallest absolute Gasteiger partial charge is 0.282 e. The number of hydrazone groups is 1. The van der Waals surface area contributed by atoms with Gasteiger partial charge >= 0.3 is 0 Å². The number of nitro benzene ring substituents is 1. The van der Waals surface area contributed by atoms with E-state index < -0.39 is 10.8 Å². The molecule has 0 saturated carbocycles. The predicted molar refractivity (Wildman–Crippen MR) is 92.9 cm³/mol. The molecule has 0 aromatic heterocycles. The van der Waals surface area contributed by atoms with E-state index in [9.17, 15) is 14.9 Å². The fourth-order valence-electron chi connectivity index (χ4n) is 2.10. The van der Waals surface area contributed by atoms with Gasteiger partial charge in [0, 0.05) is 18.1 Å². The fraction of sp³-hybridized carbons (Fsp3) is 0.200. The maximum Gasteiger partial charge on any atom is 0.283 e. The van der Waals surface area contributed by atoms with Gasteiger partial charge in [0.15, 0.2) is 5.84 Å². The fourth-order valence-corrected chi connectivity index (χ4v) is 2.99. The molecule has 3 rings (SSSR count). The van der Waals surface area contributed by atoms with Gasteiger partial charge in [-0.15, -0.1) is 0 Å². The zero-order valence-corrected chi connectivity index (χ0v) is 13.7.